The van der Waals surface area contributed by atoms with E-state index in [-0.39, 0.29) is 30.4 Å². The monoisotopic (exact) mass is 392 g/mol. The molecule has 1 fully saturated rings. The number of halogens is 4. The van der Waals surface area contributed by atoms with Crippen LogP contribution in [0.5, 0.6) is 0 Å². The molecule has 10 heteroatoms. The molecule has 0 radical (unpaired) electrons. The van der Waals surface area contributed by atoms with Crippen molar-refractivity contribution in [3.05, 3.63) is 15.9 Å². The lowest BCUT2D eigenvalue weighted by Gasteiger charge is -2.33. The van der Waals surface area contributed by atoms with Gasteiger partial charge in [0.25, 0.3) is 10.0 Å². The van der Waals surface area contributed by atoms with E-state index < -0.39 is 22.7 Å². The fraction of sp³-hybridized carbons (Fsp3) is 0.600. The molecular weight excluding hydrogens is 381 g/mol. The number of hydrogen-bond acceptors (Lipinski definition) is 4. The van der Waals surface area contributed by atoms with Crippen LogP contribution in [-0.2, 0) is 10.0 Å². The first-order valence-corrected chi connectivity index (χ1v) is 8.78. The summed E-state index contributed by atoms with van der Waals surface area (Å²) in [4.78, 5) is 1.22. The first-order chi connectivity index (χ1) is 9.18. The van der Waals surface area contributed by atoms with Crippen LogP contribution in [0.15, 0.2) is 20.1 Å². The van der Waals surface area contributed by atoms with Crippen LogP contribution >= 0.6 is 27.3 Å². The second-order valence-electron chi connectivity index (χ2n) is 4.35. The maximum Gasteiger partial charge on any atom is 0.401 e. The Morgan fingerprint density at radius 2 is 1.80 bits per heavy atom. The van der Waals surface area contributed by atoms with Crippen molar-refractivity contribution in [2.24, 2.45) is 0 Å². The van der Waals surface area contributed by atoms with E-state index in [2.05, 4.69) is 15.9 Å². The standard InChI is InChI=1S/C10H12BrF3N2O2S2/c11-8-1-2-9(19-8)20(17,18)16-5-3-15(4-6-16)7-10(12,13)14/h1-2H,3-7H2. The van der Waals surface area contributed by atoms with Gasteiger partial charge in [0, 0.05) is 26.2 Å². The zero-order chi connectivity index (χ0) is 15.0. The molecule has 0 saturated carbocycles. The van der Waals surface area contributed by atoms with Crippen molar-refractivity contribution in [3.63, 3.8) is 0 Å². The summed E-state index contributed by atoms with van der Waals surface area (Å²) in [6.07, 6.45) is -4.25. The number of sulfonamides is 1. The second kappa shape index (κ2) is 5.91. The summed E-state index contributed by atoms with van der Waals surface area (Å²) in [6, 6.07) is 3.13. The van der Waals surface area contributed by atoms with Gasteiger partial charge in [0.05, 0.1) is 10.3 Å². The molecular formula is C10H12BrF3N2O2S2. The van der Waals surface area contributed by atoms with Crippen LogP contribution < -0.4 is 0 Å². The maximum absolute atomic E-state index is 12.3. The number of nitrogens with zero attached hydrogens (tertiary/aromatic N) is 2. The third-order valence-electron chi connectivity index (χ3n) is 2.88. The molecule has 1 aliphatic heterocycles. The Hall–Kier alpha value is -0.160. The average Bonchev–Trinajstić information content (AvgIpc) is 2.75. The molecule has 20 heavy (non-hydrogen) atoms. The highest BCUT2D eigenvalue weighted by Crippen LogP contribution is 2.29. The van der Waals surface area contributed by atoms with Gasteiger partial charge in [-0.2, -0.15) is 17.5 Å². The third kappa shape index (κ3) is 3.94. The molecule has 0 N–H and O–H groups in total. The second-order valence-corrected chi connectivity index (χ2v) is 8.98. The lowest BCUT2D eigenvalue weighted by molar-refractivity contribution is -0.148. The van der Waals surface area contributed by atoms with Crippen molar-refractivity contribution < 1.29 is 21.6 Å². The number of hydrogen-bond donors (Lipinski definition) is 0. The summed E-state index contributed by atoms with van der Waals surface area (Å²) < 4.78 is 63.5. The van der Waals surface area contributed by atoms with Crippen LogP contribution in [0.1, 0.15) is 0 Å². The summed E-state index contributed by atoms with van der Waals surface area (Å²) in [6.45, 7) is -0.663. The van der Waals surface area contributed by atoms with Crippen molar-refractivity contribution in [2.75, 3.05) is 32.7 Å². The molecule has 0 atom stereocenters. The molecule has 0 amide bonds. The van der Waals surface area contributed by atoms with Crippen LogP contribution in [0, 0.1) is 0 Å². The molecule has 1 aliphatic rings. The quantitative estimate of drug-likeness (QED) is 0.792. The molecule has 0 aliphatic carbocycles. The zero-order valence-corrected chi connectivity index (χ0v) is 13.4. The van der Waals surface area contributed by atoms with Gasteiger partial charge in [-0.3, -0.25) is 4.90 Å². The van der Waals surface area contributed by atoms with Crippen molar-refractivity contribution in [1.82, 2.24) is 9.21 Å². The predicted molar refractivity (Wildman–Crippen MR) is 73.3 cm³/mol. The molecule has 0 bridgehead atoms. The minimum Gasteiger partial charge on any atom is -0.292 e. The Labute approximate surface area is 127 Å². The van der Waals surface area contributed by atoms with Crippen molar-refractivity contribution in [1.29, 1.82) is 0 Å². The summed E-state index contributed by atoms with van der Waals surface area (Å²) in [5.74, 6) is 0. The van der Waals surface area contributed by atoms with E-state index in [9.17, 15) is 21.6 Å². The molecule has 1 saturated heterocycles. The van der Waals surface area contributed by atoms with Gasteiger partial charge >= 0.3 is 6.18 Å². The average molecular weight is 393 g/mol. The lowest BCUT2D eigenvalue weighted by atomic mass is 10.3. The van der Waals surface area contributed by atoms with E-state index in [1.807, 2.05) is 0 Å². The Kier molecular flexibility index (Phi) is 4.80. The van der Waals surface area contributed by atoms with Gasteiger partial charge in [-0.05, 0) is 28.1 Å². The van der Waals surface area contributed by atoms with E-state index >= 15 is 0 Å². The highest BCUT2D eigenvalue weighted by atomic mass is 79.9. The van der Waals surface area contributed by atoms with E-state index in [1.165, 1.54) is 15.3 Å². The van der Waals surface area contributed by atoms with E-state index in [4.69, 9.17) is 0 Å². The lowest BCUT2D eigenvalue weighted by Crippen LogP contribution is -2.50. The van der Waals surface area contributed by atoms with Crippen LogP contribution in [0.2, 0.25) is 0 Å². The van der Waals surface area contributed by atoms with Crippen LogP contribution in [-0.4, -0.2) is 56.5 Å². The summed E-state index contributed by atoms with van der Waals surface area (Å²) in [5, 5.41) is 0. The molecule has 2 heterocycles. The summed E-state index contributed by atoms with van der Waals surface area (Å²) >= 11 is 4.29. The first kappa shape index (κ1) is 16.2. The van der Waals surface area contributed by atoms with Gasteiger partial charge in [-0.25, -0.2) is 8.42 Å². The van der Waals surface area contributed by atoms with Gasteiger partial charge in [0.1, 0.15) is 4.21 Å². The highest BCUT2D eigenvalue weighted by molar-refractivity contribution is 9.11. The fourth-order valence-corrected chi connectivity index (χ4v) is 5.53. The fourth-order valence-electron chi connectivity index (χ4n) is 1.95. The molecule has 1 aromatic heterocycles. The minimum absolute atomic E-state index is 0.0773. The summed E-state index contributed by atoms with van der Waals surface area (Å²) in [5.41, 5.74) is 0. The number of piperazine rings is 1. The Morgan fingerprint density at radius 1 is 1.20 bits per heavy atom. The van der Waals surface area contributed by atoms with Crippen LogP contribution in [0.25, 0.3) is 0 Å². The molecule has 2 rings (SSSR count). The third-order valence-corrected chi connectivity index (χ3v) is 6.87. The van der Waals surface area contributed by atoms with Crippen molar-refractivity contribution >= 4 is 37.3 Å². The largest absolute Gasteiger partial charge is 0.401 e. The molecule has 0 spiro atoms. The van der Waals surface area contributed by atoms with Gasteiger partial charge in [-0.15, -0.1) is 11.3 Å². The number of thiophene rings is 1. The molecule has 0 aromatic carbocycles. The molecule has 0 unspecified atom stereocenters. The van der Waals surface area contributed by atoms with Crippen LogP contribution in [0.3, 0.4) is 0 Å². The Morgan fingerprint density at radius 3 is 2.25 bits per heavy atom. The van der Waals surface area contributed by atoms with Crippen LogP contribution in [0.4, 0.5) is 13.2 Å². The Balaban J connectivity index is 2.00. The topological polar surface area (TPSA) is 40.6 Å². The van der Waals surface area contributed by atoms with E-state index in [1.54, 1.807) is 6.07 Å². The van der Waals surface area contributed by atoms with E-state index in [0.717, 1.165) is 11.3 Å². The molecule has 114 valence electrons. The van der Waals surface area contributed by atoms with Crippen molar-refractivity contribution in [2.45, 2.75) is 10.4 Å². The normalized spacial score (nSPS) is 19.4. The highest BCUT2D eigenvalue weighted by Gasteiger charge is 2.35. The minimum atomic E-state index is -4.25. The number of rotatable bonds is 3. The zero-order valence-electron chi connectivity index (χ0n) is 10.2. The SMILES string of the molecule is O=S(=O)(c1ccc(Br)s1)N1CCN(CC(F)(F)F)CC1. The molecule has 1 aromatic rings. The first-order valence-electron chi connectivity index (χ1n) is 5.73. The smallest absolute Gasteiger partial charge is 0.292 e. The summed E-state index contributed by atoms with van der Waals surface area (Å²) in [7, 11) is -3.59. The maximum atomic E-state index is 12.3. The van der Waals surface area contributed by atoms with Gasteiger partial charge in [0.2, 0.25) is 0 Å². The van der Waals surface area contributed by atoms with Gasteiger partial charge < -0.3 is 0 Å². The predicted octanol–water partition coefficient (Wildman–Crippen LogP) is 2.38. The molecule has 4 nitrogen and oxygen atoms in total. The van der Waals surface area contributed by atoms with E-state index in [0.29, 0.717) is 3.79 Å². The van der Waals surface area contributed by atoms with Gasteiger partial charge in [0.15, 0.2) is 0 Å². The van der Waals surface area contributed by atoms with Crippen molar-refractivity contribution in [3.8, 4) is 0 Å². The Bertz CT molecular complexity index is 565. The van der Waals surface area contributed by atoms with Gasteiger partial charge in [-0.1, -0.05) is 0 Å². The number of alkyl halides is 3.